The molecule has 0 fully saturated rings. The maximum Gasteiger partial charge on any atom is 0.243 e. The summed E-state index contributed by atoms with van der Waals surface area (Å²) in [6.07, 6.45) is 3.39. The van der Waals surface area contributed by atoms with Crippen LogP contribution in [-0.2, 0) is 22.6 Å². The van der Waals surface area contributed by atoms with E-state index in [1.54, 1.807) is 17.0 Å². The van der Waals surface area contributed by atoms with Crippen LogP contribution in [0.3, 0.4) is 0 Å². The number of unbranched alkanes of at least 4 members (excludes halogenated alkanes) is 1. The average Bonchev–Trinajstić information content (AvgIpc) is 2.73. The lowest BCUT2D eigenvalue weighted by Crippen LogP contribution is -2.50. The van der Waals surface area contributed by atoms with Gasteiger partial charge >= 0.3 is 0 Å². The van der Waals surface area contributed by atoms with Gasteiger partial charge in [-0.15, -0.1) is 0 Å². The molecule has 1 N–H and O–H groups in total. The average molecular weight is 399 g/mol. The Kier molecular flexibility index (Phi) is 9.35. The smallest absolute Gasteiger partial charge is 0.243 e. The van der Waals surface area contributed by atoms with Crippen molar-refractivity contribution in [2.75, 3.05) is 6.54 Å². The summed E-state index contributed by atoms with van der Waals surface area (Å²) in [5, 5.41) is 2.98. The van der Waals surface area contributed by atoms with E-state index in [2.05, 4.69) is 12.2 Å². The van der Waals surface area contributed by atoms with Crippen molar-refractivity contribution in [3.8, 4) is 0 Å². The molecule has 4 nitrogen and oxygen atoms in total. The van der Waals surface area contributed by atoms with Gasteiger partial charge in [0, 0.05) is 25.9 Å². The second kappa shape index (κ2) is 12.0. The van der Waals surface area contributed by atoms with E-state index in [4.69, 9.17) is 0 Å². The van der Waals surface area contributed by atoms with Crippen LogP contribution in [0, 0.1) is 5.82 Å². The maximum atomic E-state index is 13.3. The molecule has 0 spiro atoms. The van der Waals surface area contributed by atoms with Gasteiger partial charge in [-0.1, -0.05) is 62.7 Å². The zero-order chi connectivity index (χ0) is 21.1. The molecule has 2 aromatic carbocycles. The Morgan fingerprint density at radius 1 is 0.966 bits per heavy atom. The van der Waals surface area contributed by atoms with E-state index in [-0.39, 0.29) is 24.2 Å². The summed E-state index contributed by atoms with van der Waals surface area (Å²) in [5.74, 6) is -0.532. The molecule has 0 aromatic heterocycles. The Morgan fingerprint density at radius 2 is 1.66 bits per heavy atom. The van der Waals surface area contributed by atoms with Crippen LogP contribution in [0.5, 0.6) is 0 Å². The monoisotopic (exact) mass is 398 g/mol. The maximum absolute atomic E-state index is 13.3. The summed E-state index contributed by atoms with van der Waals surface area (Å²) < 4.78 is 13.3. The first-order chi connectivity index (χ1) is 14.0. The molecule has 0 saturated carbocycles. The van der Waals surface area contributed by atoms with Gasteiger partial charge in [0.2, 0.25) is 11.8 Å². The molecule has 29 heavy (non-hydrogen) atoms. The number of amides is 2. The van der Waals surface area contributed by atoms with E-state index in [1.807, 2.05) is 37.3 Å². The molecule has 156 valence electrons. The van der Waals surface area contributed by atoms with Gasteiger partial charge in [-0.05, 0) is 36.1 Å². The summed E-state index contributed by atoms with van der Waals surface area (Å²) in [5.41, 5.74) is 1.80. The van der Waals surface area contributed by atoms with Crippen LogP contribution in [0.4, 0.5) is 4.39 Å². The van der Waals surface area contributed by atoms with Gasteiger partial charge in [-0.25, -0.2) is 4.39 Å². The first-order valence-electron chi connectivity index (χ1n) is 10.4. The Balaban J connectivity index is 2.30. The SMILES string of the molecule is CCCCNC(=O)[C@H](Cc1ccccc1)N(Cc1ccc(F)cc1)C(=O)CCC. The molecule has 0 saturated heterocycles. The summed E-state index contributed by atoms with van der Waals surface area (Å²) in [7, 11) is 0. The van der Waals surface area contributed by atoms with Crippen LogP contribution in [0.25, 0.3) is 0 Å². The van der Waals surface area contributed by atoms with Crippen LogP contribution < -0.4 is 5.32 Å². The van der Waals surface area contributed by atoms with Crippen molar-refractivity contribution in [3.05, 3.63) is 71.5 Å². The summed E-state index contributed by atoms with van der Waals surface area (Å²) in [4.78, 5) is 27.6. The zero-order valence-electron chi connectivity index (χ0n) is 17.4. The minimum Gasteiger partial charge on any atom is -0.354 e. The van der Waals surface area contributed by atoms with E-state index in [1.165, 1.54) is 12.1 Å². The molecule has 5 heteroatoms. The van der Waals surface area contributed by atoms with E-state index >= 15 is 0 Å². The highest BCUT2D eigenvalue weighted by Crippen LogP contribution is 2.16. The number of halogens is 1. The lowest BCUT2D eigenvalue weighted by molar-refractivity contribution is -0.141. The molecule has 0 unspecified atom stereocenters. The fourth-order valence-corrected chi connectivity index (χ4v) is 3.20. The third kappa shape index (κ3) is 7.33. The van der Waals surface area contributed by atoms with Crippen LogP contribution in [-0.4, -0.2) is 29.3 Å². The van der Waals surface area contributed by atoms with Crippen molar-refractivity contribution >= 4 is 11.8 Å². The van der Waals surface area contributed by atoms with Crippen molar-refractivity contribution in [3.63, 3.8) is 0 Å². The first kappa shape index (κ1) is 22.6. The molecule has 0 aliphatic carbocycles. The number of benzene rings is 2. The Morgan fingerprint density at radius 3 is 2.28 bits per heavy atom. The fourth-order valence-electron chi connectivity index (χ4n) is 3.20. The number of rotatable bonds is 11. The lowest BCUT2D eigenvalue weighted by Gasteiger charge is -2.31. The van der Waals surface area contributed by atoms with Gasteiger partial charge in [-0.2, -0.15) is 0 Å². The first-order valence-corrected chi connectivity index (χ1v) is 10.4. The Bertz CT molecular complexity index is 762. The second-order valence-electron chi connectivity index (χ2n) is 7.25. The summed E-state index contributed by atoms with van der Waals surface area (Å²) >= 11 is 0. The molecule has 2 aromatic rings. The number of hydrogen-bond acceptors (Lipinski definition) is 2. The molecule has 2 amide bonds. The van der Waals surface area contributed by atoms with Crippen molar-refractivity contribution < 1.29 is 14.0 Å². The van der Waals surface area contributed by atoms with Crippen molar-refractivity contribution in [1.82, 2.24) is 10.2 Å². The van der Waals surface area contributed by atoms with E-state index in [0.717, 1.165) is 24.0 Å². The fraction of sp³-hybridized carbons (Fsp3) is 0.417. The normalized spacial score (nSPS) is 11.7. The number of nitrogens with zero attached hydrogens (tertiary/aromatic N) is 1. The standard InChI is InChI=1S/C24H31FN2O2/c1-3-5-16-26-24(29)22(17-19-10-7-6-8-11-19)27(23(28)9-4-2)18-20-12-14-21(25)15-13-20/h6-8,10-15,22H,3-5,9,16-18H2,1-2H3,(H,26,29)/t22-/m0/s1. The van der Waals surface area contributed by atoms with E-state index in [0.29, 0.717) is 25.8 Å². The highest BCUT2D eigenvalue weighted by molar-refractivity contribution is 5.88. The van der Waals surface area contributed by atoms with Crippen molar-refractivity contribution in [2.24, 2.45) is 0 Å². The molecule has 0 radical (unpaired) electrons. The van der Waals surface area contributed by atoms with Gasteiger partial charge in [0.15, 0.2) is 0 Å². The van der Waals surface area contributed by atoms with Gasteiger partial charge in [0.05, 0.1) is 0 Å². The molecule has 0 aliphatic rings. The molecule has 0 bridgehead atoms. The summed E-state index contributed by atoms with van der Waals surface area (Å²) in [6.45, 7) is 4.88. The molecular formula is C24H31FN2O2. The lowest BCUT2D eigenvalue weighted by atomic mass is 10.0. The topological polar surface area (TPSA) is 49.4 Å². The number of carbonyl (C=O) groups excluding carboxylic acids is 2. The minimum absolute atomic E-state index is 0.0663. The molecule has 0 heterocycles. The van der Waals surface area contributed by atoms with Crippen LogP contribution in [0.1, 0.15) is 50.7 Å². The third-order valence-electron chi connectivity index (χ3n) is 4.83. The largest absolute Gasteiger partial charge is 0.354 e. The third-order valence-corrected chi connectivity index (χ3v) is 4.83. The van der Waals surface area contributed by atoms with E-state index < -0.39 is 6.04 Å². The molecule has 1 atom stereocenters. The molecule has 2 rings (SSSR count). The van der Waals surface area contributed by atoms with Gasteiger partial charge in [0.1, 0.15) is 11.9 Å². The number of carbonyl (C=O) groups is 2. The second-order valence-corrected chi connectivity index (χ2v) is 7.25. The highest BCUT2D eigenvalue weighted by atomic mass is 19.1. The molecule has 0 aliphatic heterocycles. The van der Waals surface area contributed by atoms with Gasteiger partial charge in [-0.3, -0.25) is 9.59 Å². The van der Waals surface area contributed by atoms with E-state index in [9.17, 15) is 14.0 Å². The Labute approximate surface area is 173 Å². The van der Waals surface area contributed by atoms with Crippen LogP contribution >= 0.6 is 0 Å². The highest BCUT2D eigenvalue weighted by Gasteiger charge is 2.29. The van der Waals surface area contributed by atoms with Crippen molar-refractivity contribution in [2.45, 2.75) is 58.5 Å². The Hall–Kier alpha value is -2.69. The molecular weight excluding hydrogens is 367 g/mol. The number of hydrogen-bond donors (Lipinski definition) is 1. The van der Waals surface area contributed by atoms with Gasteiger partial charge < -0.3 is 10.2 Å². The minimum atomic E-state index is -0.613. The van der Waals surface area contributed by atoms with Crippen molar-refractivity contribution in [1.29, 1.82) is 0 Å². The van der Waals surface area contributed by atoms with Gasteiger partial charge in [0.25, 0.3) is 0 Å². The van der Waals surface area contributed by atoms with Crippen LogP contribution in [0.2, 0.25) is 0 Å². The predicted octanol–water partition coefficient (Wildman–Crippen LogP) is 4.48. The summed E-state index contributed by atoms with van der Waals surface area (Å²) in [6, 6.07) is 15.2. The zero-order valence-corrected chi connectivity index (χ0v) is 17.4. The van der Waals surface area contributed by atoms with Crippen LogP contribution in [0.15, 0.2) is 54.6 Å². The predicted molar refractivity (Wildman–Crippen MR) is 114 cm³/mol. The quantitative estimate of drug-likeness (QED) is 0.567. The number of nitrogens with one attached hydrogen (secondary N) is 1.